The first kappa shape index (κ1) is 15.6. The Morgan fingerprint density at radius 3 is 2.74 bits per heavy atom. The number of nitrogens with one attached hydrogen (secondary N) is 1. The lowest BCUT2D eigenvalue weighted by Gasteiger charge is -2.29. The molecule has 1 heterocycles. The number of tetrazole rings is 1. The molecule has 7 nitrogen and oxygen atoms in total. The summed E-state index contributed by atoms with van der Waals surface area (Å²) >= 11 is 0. The zero-order valence-corrected chi connectivity index (χ0v) is 12.2. The molecule has 7 heteroatoms. The van der Waals surface area contributed by atoms with Gasteiger partial charge in [-0.1, -0.05) is 20.8 Å². The molecular weight excluding hydrogens is 244 g/mol. The summed E-state index contributed by atoms with van der Waals surface area (Å²) in [4.78, 5) is 11.6. The molecule has 1 aromatic rings. The summed E-state index contributed by atoms with van der Waals surface area (Å²) in [6.07, 6.45) is 1.63. The van der Waals surface area contributed by atoms with E-state index >= 15 is 0 Å². The van der Waals surface area contributed by atoms with Gasteiger partial charge in [0.2, 0.25) is 5.91 Å². The second-order valence-corrected chi connectivity index (χ2v) is 5.47. The molecule has 0 spiro atoms. The van der Waals surface area contributed by atoms with Crippen LogP contribution in [0, 0.1) is 5.92 Å². The van der Waals surface area contributed by atoms with Crippen LogP contribution in [0.5, 0.6) is 0 Å². The minimum atomic E-state index is -0.739. The van der Waals surface area contributed by atoms with Crippen molar-refractivity contribution in [3.8, 4) is 0 Å². The molecule has 0 saturated carbocycles. The number of amides is 1. The average Bonchev–Trinajstić information content (AvgIpc) is 2.73. The fourth-order valence-electron chi connectivity index (χ4n) is 2.09. The number of aromatic nitrogens is 4. The Kier molecular flexibility index (Phi) is 5.41. The fourth-order valence-corrected chi connectivity index (χ4v) is 2.09. The predicted octanol–water partition coefficient (Wildman–Crippen LogP) is 0.463. The highest BCUT2D eigenvalue weighted by molar-refractivity contribution is 5.84. The van der Waals surface area contributed by atoms with Crippen LogP contribution in [0.2, 0.25) is 0 Å². The van der Waals surface area contributed by atoms with Gasteiger partial charge in [0.25, 0.3) is 0 Å². The monoisotopic (exact) mass is 268 g/mol. The lowest BCUT2D eigenvalue weighted by atomic mass is 9.90. The van der Waals surface area contributed by atoms with Crippen LogP contribution in [0.1, 0.15) is 46.4 Å². The van der Waals surface area contributed by atoms with Gasteiger partial charge in [0.05, 0.1) is 12.1 Å². The van der Waals surface area contributed by atoms with E-state index < -0.39 is 5.54 Å². The average molecular weight is 268 g/mol. The van der Waals surface area contributed by atoms with Crippen molar-refractivity contribution in [2.45, 2.75) is 59.2 Å². The van der Waals surface area contributed by atoms with Crippen LogP contribution in [-0.2, 0) is 17.9 Å². The topological polar surface area (TPSA) is 98.7 Å². The van der Waals surface area contributed by atoms with Crippen molar-refractivity contribution in [1.29, 1.82) is 0 Å². The third kappa shape index (κ3) is 4.27. The first-order valence-electron chi connectivity index (χ1n) is 6.69. The van der Waals surface area contributed by atoms with Crippen molar-refractivity contribution >= 4 is 5.91 Å². The van der Waals surface area contributed by atoms with Gasteiger partial charge in [-0.05, 0) is 36.1 Å². The zero-order valence-electron chi connectivity index (χ0n) is 12.2. The van der Waals surface area contributed by atoms with Crippen LogP contribution in [0.15, 0.2) is 0 Å². The Morgan fingerprint density at radius 2 is 2.21 bits per heavy atom. The van der Waals surface area contributed by atoms with E-state index in [1.807, 2.05) is 6.92 Å². The first-order valence-corrected chi connectivity index (χ1v) is 6.69. The van der Waals surface area contributed by atoms with E-state index in [4.69, 9.17) is 5.73 Å². The zero-order chi connectivity index (χ0) is 14.5. The Hall–Kier alpha value is -1.50. The van der Waals surface area contributed by atoms with Crippen molar-refractivity contribution in [3.63, 3.8) is 0 Å². The number of aryl methyl sites for hydroxylation is 1. The van der Waals surface area contributed by atoms with Crippen molar-refractivity contribution in [2.75, 3.05) is 0 Å². The van der Waals surface area contributed by atoms with Gasteiger partial charge in [-0.3, -0.25) is 10.1 Å². The Bertz CT molecular complexity index is 416. The molecule has 0 bridgehead atoms. The maximum absolute atomic E-state index is 11.6. The van der Waals surface area contributed by atoms with Crippen LogP contribution >= 0.6 is 0 Å². The highest BCUT2D eigenvalue weighted by Gasteiger charge is 2.31. The third-order valence-corrected chi connectivity index (χ3v) is 3.04. The molecular formula is C12H24N6O. The quantitative estimate of drug-likeness (QED) is 0.713. The van der Waals surface area contributed by atoms with E-state index in [0.29, 0.717) is 18.9 Å². The fraction of sp³-hybridized carbons (Fsp3) is 0.833. The Labute approximate surface area is 113 Å². The van der Waals surface area contributed by atoms with Crippen LogP contribution in [0.3, 0.4) is 0 Å². The lowest BCUT2D eigenvalue weighted by Crippen LogP contribution is -2.53. The molecule has 19 heavy (non-hydrogen) atoms. The van der Waals surface area contributed by atoms with Crippen molar-refractivity contribution in [2.24, 2.45) is 11.7 Å². The molecule has 0 unspecified atom stereocenters. The molecule has 0 radical (unpaired) electrons. The molecule has 0 aliphatic carbocycles. The number of hydrogen-bond donors (Lipinski definition) is 2. The maximum atomic E-state index is 11.6. The molecule has 1 aromatic heterocycles. The van der Waals surface area contributed by atoms with E-state index in [2.05, 4.69) is 41.6 Å². The molecule has 0 aromatic carbocycles. The van der Waals surface area contributed by atoms with Crippen LogP contribution in [0.4, 0.5) is 0 Å². The summed E-state index contributed by atoms with van der Waals surface area (Å²) in [7, 11) is 0. The SMILES string of the molecule is CCCn1nnnc1CN[C@@](C)(CC(C)C)C(N)=O. The smallest absolute Gasteiger partial charge is 0.237 e. The summed E-state index contributed by atoms with van der Waals surface area (Å²) in [5, 5.41) is 14.7. The van der Waals surface area contributed by atoms with Crippen LogP contribution < -0.4 is 11.1 Å². The normalized spacial score (nSPS) is 14.6. The molecule has 108 valence electrons. The predicted molar refractivity (Wildman–Crippen MR) is 72.0 cm³/mol. The number of rotatable bonds is 8. The van der Waals surface area contributed by atoms with E-state index in [-0.39, 0.29) is 5.91 Å². The summed E-state index contributed by atoms with van der Waals surface area (Å²) in [6.45, 7) is 9.20. The third-order valence-electron chi connectivity index (χ3n) is 3.04. The van der Waals surface area contributed by atoms with Gasteiger partial charge >= 0.3 is 0 Å². The molecule has 3 N–H and O–H groups in total. The number of carbonyl (C=O) groups is 1. The van der Waals surface area contributed by atoms with Crippen LogP contribution in [-0.4, -0.2) is 31.7 Å². The number of primary amides is 1. The summed E-state index contributed by atoms with van der Waals surface area (Å²) in [5.74, 6) is 0.741. The summed E-state index contributed by atoms with van der Waals surface area (Å²) < 4.78 is 1.74. The van der Waals surface area contributed by atoms with E-state index in [1.165, 1.54) is 0 Å². The van der Waals surface area contributed by atoms with Crippen molar-refractivity contribution in [1.82, 2.24) is 25.5 Å². The summed E-state index contributed by atoms with van der Waals surface area (Å²) in [6, 6.07) is 0. The van der Waals surface area contributed by atoms with Gasteiger partial charge in [0, 0.05) is 6.54 Å². The molecule has 1 rings (SSSR count). The Morgan fingerprint density at radius 1 is 1.53 bits per heavy atom. The van der Waals surface area contributed by atoms with Gasteiger partial charge in [-0.2, -0.15) is 0 Å². The minimum Gasteiger partial charge on any atom is -0.368 e. The van der Waals surface area contributed by atoms with Crippen molar-refractivity contribution in [3.05, 3.63) is 5.82 Å². The number of nitrogens with zero attached hydrogens (tertiary/aromatic N) is 4. The summed E-state index contributed by atoms with van der Waals surface area (Å²) in [5.41, 5.74) is 4.76. The lowest BCUT2D eigenvalue weighted by molar-refractivity contribution is -0.124. The Balaban J connectivity index is 2.71. The number of hydrogen-bond acceptors (Lipinski definition) is 5. The van der Waals surface area contributed by atoms with Crippen LogP contribution in [0.25, 0.3) is 0 Å². The molecule has 1 amide bonds. The molecule has 0 aliphatic heterocycles. The second kappa shape index (κ2) is 6.60. The molecule has 0 saturated heterocycles. The largest absolute Gasteiger partial charge is 0.368 e. The highest BCUT2D eigenvalue weighted by atomic mass is 16.1. The van der Waals surface area contributed by atoms with Gasteiger partial charge in [-0.25, -0.2) is 4.68 Å². The molecule has 0 fully saturated rings. The molecule has 1 atom stereocenters. The molecule has 0 aliphatic rings. The van der Waals surface area contributed by atoms with E-state index in [0.717, 1.165) is 18.8 Å². The maximum Gasteiger partial charge on any atom is 0.237 e. The van der Waals surface area contributed by atoms with Gasteiger partial charge in [0.15, 0.2) is 5.82 Å². The van der Waals surface area contributed by atoms with Gasteiger partial charge in [0.1, 0.15) is 0 Å². The standard InChI is InChI=1S/C12H24N6O/c1-5-6-18-10(15-16-17-18)8-14-12(4,11(13)19)7-9(2)3/h9,14H,5-8H2,1-4H3,(H2,13,19)/t12-/m0/s1. The minimum absolute atomic E-state index is 0.351. The van der Waals surface area contributed by atoms with Gasteiger partial charge in [-0.15, -0.1) is 5.10 Å². The van der Waals surface area contributed by atoms with Gasteiger partial charge < -0.3 is 5.73 Å². The number of nitrogens with two attached hydrogens (primary N) is 1. The number of carbonyl (C=O) groups excluding carboxylic acids is 1. The first-order chi connectivity index (χ1) is 8.89. The highest BCUT2D eigenvalue weighted by Crippen LogP contribution is 2.16. The van der Waals surface area contributed by atoms with E-state index in [1.54, 1.807) is 4.68 Å². The van der Waals surface area contributed by atoms with E-state index in [9.17, 15) is 4.79 Å². The van der Waals surface area contributed by atoms with Crippen molar-refractivity contribution < 1.29 is 4.79 Å². The second-order valence-electron chi connectivity index (χ2n) is 5.47.